The number of carbonyl (C=O) groups is 1. The molecule has 1 amide bonds. The number of nitrogens with one attached hydrogen (secondary N) is 1. The molecule has 0 fully saturated rings. The molecule has 4 N–H and O–H groups in total. The highest BCUT2D eigenvalue weighted by Crippen LogP contribution is 2.32. The van der Waals surface area contributed by atoms with E-state index in [4.69, 9.17) is 10.5 Å². The second-order valence-corrected chi connectivity index (χ2v) is 5.48. The van der Waals surface area contributed by atoms with Gasteiger partial charge in [0.2, 0.25) is 0 Å². The van der Waals surface area contributed by atoms with Crippen molar-refractivity contribution >= 4 is 33.7 Å². The lowest BCUT2D eigenvalue weighted by Crippen LogP contribution is -2.19. The number of phenolic OH excluding ortho intramolecular Hbond substituents is 1. The number of phenols is 1. The van der Waals surface area contributed by atoms with E-state index in [0.717, 1.165) is 4.47 Å². The molecule has 0 radical (unpaired) electrons. The number of nitrogens with two attached hydrogens (primary N) is 1. The maximum absolute atomic E-state index is 12.0. The van der Waals surface area contributed by atoms with Crippen molar-refractivity contribution in [3.8, 4) is 11.5 Å². The van der Waals surface area contributed by atoms with Crippen LogP contribution in [0.5, 0.6) is 11.5 Å². The van der Waals surface area contributed by atoms with Crippen molar-refractivity contribution in [2.75, 3.05) is 12.3 Å². The zero-order valence-corrected chi connectivity index (χ0v) is 14.0. The summed E-state index contributed by atoms with van der Waals surface area (Å²) >= 11 is 3.33. The smallest absolute Gasteiger partial charge is 0.273 e. The molecule has 0 atom stereocenters. The van der Waals surface area contributed by atoms with Crippen LogP contribution in [-0.4, -0.2) is 23.8 Å². The number of para-hydroxylation sites is 1. The van der Waals surface area contributed by atoms with Crippen molar-refractivity contribution in [2.45, 2.75) is 6.92 Å². The number of anilines is 1. The Morgan fingerprint density at radius 3 is 2.87 bits per heavy atom. The van der Waals surface area contributed by atoms with Gasteiger partial charge in [-0.15, -0.1) is 0 Å². The van der Waals surface area contributed by atoms with Gasteiger partial charge in [0, 0.05) is 15.7 Å². The summed E-state index contributed by atoms with van der Waals surface area (Å²) in [6.45, 7) is 2.24. The summed E-state index contributed by atoms with van der Waals surface area (Å²) < 4.78 is 6.05. The van der Waals surface area contributed by atoms with Crippen LogP contribution in [0.4, 0.5) is 5.69 Å². The zero-order chi connectivity index (χ0) is 16.8. The van der Waals surface area contributed by atoms with E-state index in [1.807, 2.05) is 6.92 Å². The first-order valence-electron chi connectivity index (χ1n) is 6.86. The Morgan fingerprint density at radius 1 is 1.43 bits per heavy atom. The van der Waals surface area contributed by atoms with Crippen LogP contribution in [0.3, 0.4) is 0 Å². The first kappa shape index (κ1) is 16.8. The molecule has 2 rings (SSSR count). The molecular weight excluding hydrogens is 362 g/mol. The molecule has 0 spiro atoms. The number of amides is 1. The normalized spacial score (nSPS) is 10.7. The summed E-state index contributed by atoms with van der Waals surface area (Å²) in [5.41, 5.74) is 9.20. The maximum Gasteiger partial charge on any atom is 0.273 e. The highest BCUT2D eigenvalue weighted by molar-refractivity contribution is 9.10. The van der Waals surface area contributed by atoms with Crippen molar-refractivity contribution in [3.63, 3.8) is 0 Å². The van der Waals surface area contributed by atoms with Crippen molar-refractivity contribution in [2.24, 2.45) is 5.10 Å². The summed E-state index contributed by atoms with van der Waals surface area (Å²) in [5.74, 6) is -0.145. The molecule has 0 aliphatic carbocycles. The third-order valence-electron chi connectivity index (χ3n) is 2.94. The molecule has 2 aromatic carbocycles. The third-order valence-corrected chi connectivity index (χ3v) is 3.40. The van der Waals surface area contributed by atoms with Crippen molar-refractivity contribution in [3.05, 3.63) is 52.0 Å². The van der Waals surface area contributed by atoms with Crippen LogP contribution in [-0.2, 0) is 0 Å². The summed E-state index contributed by atoms with van der Waals surface area (Å²) in [4.78, 5) is 12.0. The van der Waals surface area contributed by atoms with Crippen LogP contribution < -0.4 is 15.9 Å². The molecule has 0 saturated heterocycles. The summed E-state index contributed by atoms with van der Waals surface area (Å²) in [7, 11) is 0. The predicted molar refractivity (Wildman–Crippen MR) is 92.9 cm³/mol. The number of hydrazone groups is 1. The van der Waals surface area contributed by atoms with Crippen LogP contribution in [0.2, 0.25) is 0 Å². The number of ether oxygens (including phenoxy) is 1. The van der Waals surface area contributed by atoms with E-state index in [9.17, 15) is 9.90 Å². The van der Waals surface area contributed by atoms with Crippen LogP contribution in [0.1, 0.15) is 22.8 Å². The molecule has 2 aromatic rings. The van der Waals surface area contributed by atoms with Crippen molar-refractivity contribution in [1.29, 1.82) is 0 Å². The Balaban J connectivity index is 2.15. The lowest BCUT2D eigenvalue weighted by atomic mass is 10.2. The van der Waals surface area contributed by atoms with Gasteiger partial charge in [-0.05, 0) is 31.2 Å². The van der Waals surface area contributed by atoms with Crippen molar-refractivity contribution in [1.82, 2.24) is 5.43 Å². The number of benzene rings is 2. The highest BCUT2D eigenvalue weighted by Gasteiger charge is 2.10. The standard InChI is InChI=1S/C16H16BrN3O3/c1-2-23-14-8-11(17)7-10(15(14)21)9-19-20-16(22)12-5-3-4-6-13(12)18/h3-9,21H,2,18H2,1H3,(H,20,22)/b19-9+. The van der Waals surface area contributed by atoms with E-state index < -0.39 is 5.91 Å². The number of nitrogen functional groups attached to an aromatic ring is 1. The number of hydrogen-bond donors (Lipinski definition) is 3. The second kappa shape index (κ2) is 7.64. The lowest BCUT2D eigenvalue weighted by molar-refractivity contribution is 0.0956. The van der Waals surface area contributed by atoms with Crippen LogP contribution in [0, 0.1) is 0 Å². The number of carbonyl (C=O) groups excluding carboxylic acids is 1. The number of halogens is 1. The van der Waals surface area contributed by atoms with E-state index in [1.165, 1.54) is 6.21 Å². The Morgan fingerprint density at radius 2 is 2.17 bits per heavy atom. The first-order valence-corrected chi connectivity index (χ1v) is 7.65. The van der Waals surface area contributed by atoms with E-state index in [-0.39, 0.29) is 5.75 Å². The predicted octanol–water partition coefficient (Wildman–Crippen LogP) is 2.90. The van der Waals surface area contributed by atoms with E-state index in [0.29, 0.717) is 29.2 Å². The quantitative estimate of drug-likeness (QED) is 0.423. The summed E-state index contributed by atoms with van der Waals surface area (Å²) in [6, 6.07) is 9.99. The number of hydrogen-bond acceptors (Lipinski definition) is 5. The molecule has 0 unspecified atom stereocenters. The van der Waals surface area contributed by atoms with Crippen LogP contribution in [0.25, 0.3) is 0 Å². The molecule has 0 saturated carbocycles. The minimum absolute atomic E-state index is 0.0488. The number of aromatic hydroxyl groups is 1. The Kier molecular flexibility index (Phi) is 5.59. The maximum atomic E-state index is 12.0. The minimum Gasteiger partial charge on any atom is -0.504 e. The largest absolute Gasteiger partial charge is 0.504 e. The van der Waals surface area contributed by atoms with Gasteiger partial charge in [0.15, 0.2) is 11.5 Å². The van der Waals surface area contributed by atoms with Gasteiger partial charge in [0.05, 0.1) is 18.4 Å². The third kappa shape index (κ3) is 4.23. The van der Waals surface area contributed by atoms with Gasteiger partial charge in [-0.1, -0.05) is 28.1 Å². The van der Waals surface area contributed by atoms with E-state index in [1.54, 1.807) is 36.4 Å². The van der Waals surface area contributed by atoms with Gasteiger partial charge in [-0.2, -0.15) is 5.10 Å². The van der Waals surface area contributed by atoms with Crippen molar-refractivity contribution < 1.29 is 14.6 Å². The average molecular weight is 378 g/mol. The Hall–Kier alpha value is -2.54. The van der Waals surface area contributed by atoms with Gasteiger partial charge in [-0.3, -0.25) is 4.79 Å². The molecule has 120 valence electrons. The van der Waals surface area contributed by atoms with Gasteiger partial charge in [-0.25, -0.2) is 5.43 Å². The fraction of sp³-hybridized carbons (Fsp3) is 0.125. The topological polar surface area (TPSA) is 96.9 Å². The molecular formula is C16H16BrN3O3. The lowest BCUT2D eigenvalue weighted by Gasteiger charge is -2.08. The number of rotatable bonds is 5. The monoisotopic (exact) mass is 377 g/mol. The molecule has 23 heavy (non-hydrogen) atoms. The van der Waals surface area contributed by atoms with Gasteiger partial charge in [0.1, 0.15) is 0 Å². The van der Waals surface area contributed by atoms with E-state index >= 15 is 0 Å². The number of nitrogens with zero attached hydrogens (tertiary/aromatic N) is 1. The summed E-state index contributed by atoms with van der Waals surface area (Å²) in [5, 5.41) is 13.9. The molecule has 0 aliphatic rings. The SMILES string of the molecule is CCOc1cc(Br)cc(/C=N/NC(=O)c2ccccc2N)c1O. The van der Waals surface area contributed by atoms with E-state index in [2.05, 4.69) is 26.5 Å². The average Bonchev–Trinajstić information content (AvgIpc) is 2.52. The molecule has 7 heteroatoms. The van der Waals surface area contributed by atoms with Gasteiger partial charge < -0.3 is 15.6 Å². The second-order valence-electron chi connectivity index (χ2n) is 4.56. The Labute approximate surface area is 142 Å². The first-order chi connectivity index (χ1) is 11.0. The molecule has 0 aromatic heterocycles. The highest BCUT2D eigenvalue weighted by atomic mass is 79.9. The minimum atomic E-state index is -0.432. The Bertz CT molecular complexity index is 747. The zero-order valence-electron chi connectivity index (χ0n) is 12.4. The van der Waals surface area contributed by atoms with Crippen LogP contribution in [0.15, 0.2) is 46.0 Å². The summed E-state index contributed by atoms with van der Waals surface area (Å²) in [6.07, 6.45) is 1.33. The molecule has 0 aliphatic heterocycles. The molecule has 6 nitrogen and oxygen atoms in total. The fourth-order valence-corrected chi connectivity index (χ4v) is 2.34. The van der Waals surface area contributed by atoms with Gasteiger partial charge in [0.25, 0.3) is 5.91 Å². The fourth-order valence-electron chi connectivity index (χ4n) is 1.88. The van der Waals surface area contributed by atoms with Crippen LogP contribution >= 0.6 is 15.9 Å². The molecule has 0 bridgehead atoms. The molecule has 0 heterocycles. The van der Waals surface area contributed by atoms with Gasteiger partial charge >= 0.3 is 0 Å².